The summed E-state index contributed by atoms with van der Waals surface area (Å²) in [5.74, 6) is 0.876. The first-order valence-corrected chi connectivity index (χ1v) is 8.69. The van der Waals surface area contributed by atoms with Crippen LogP contribution in [-0.2, 0) is 0 Å². The molecule has 0 spiro atoms. The number of nitrogens with one attached hydrogen (secondary N) is 1. The fourth-order valence-corrected chi connectivity index (χ4v) is 4.00. The molecule has 2 rings (SSSR count). The lowest BCUT2D eigenvalue weighted by molar-refractivity contribution is 0.114. The van der Waals surface area contributed by atoms with Crippen LogP contribution in [0.1, 0.15) is 72.1 Å². The van der Waals surface area contributed by atoms with Gasteiger partial charge in [-0.1, -0.05) is 33.6 Å². The van der Waals surface area contributed by atoms with Crippen LogP contribution in [0, 0.1) is 5.92 Å². The normalized spacial score (nSPS) is 31.3. The van der Waals surface area contributed by atoms with Crippen LogP contribution in [0.2, 0.25) is 0 Å². The maximum Gasteiger partial charge on any atom is 0.0114 e. The van der Waals surface area contributed by atoms with E-state index >= 15 is 0 Å². The monoisotopic (exact) mass is 266 g/mol. The maximum atomic E-state index is 3.75. The van der Waals surface area contributed by atoms with Crippen LogP contribution >= 0.6 is 0 Å². The summed E-state index contributed by atoms with van der Waals surface area (Å²) in [5.41, 5.74) is 0. The Morgan fingerprint density at radius 3 is 2.37 bits per heavy atom. The lowest BCUT2D eigenvalue weighted by atomic mass is 9.96. The fraction of sp³-hybridized carbons (Fsp3) is 1.00. The number of nitrogens with zero attached hydrogens (tertiary/aromatic N) is 1. The molecule has 2 heterocycles. The van der Waals surface area contributed by atoms with Crippen LogP contribution in [-0.4, -0.2) is 36.1 Å². The minimum Gasteiger partial charge on any atom is -0.314 e. The Bertz CT molecular complexity index is 238. The van der Waals surface area contributed by atoms with E-state index < -0.39 is 0 Å². The highest BCUT2D eigenvalue weighted by Gasteiger charge is 2.39. The second kappa shape index (κ2) is 7.64. The van der Waals surface area contributed by atoms with Crippen LogP contribution in [0.3, 0.4) is 0 Å². The minimum atomic E-state index is 0.810. The highest BCUT2D eigenvalue weighted by molar-refractivity contribution is 4.97. The van der Waals surface area contributed by atoms with Gasteiger partial charge >= 0.3 is 0 Å². The van der Waals surface area contributed by atoms with Gasteiger partial charge in [0.2, 0.25) is 0 Å². The van der Waals surface area contributed by atoms with Crippen molar-refractivity contribution in [1.29, 1.82) is 0 Å². The highest BCUT2D eigenvalue weighted by Crippen LogP contribution is 2.35. The van der Waals surface area contributed by atoms with Crippen molar-refractivity contribution in [2.45, 2.75) is 90.3 Å². The molecule has 2 aliphatic rings. The van der Waals surface area contributed by atoms with E-state index in [1.165, 1.54) is 64.5 Å². The summed E-state index contributed by atoms with van der Waals surface area (Å²) >= 11 is 0. The molecule has 2 heteroatoms. The molecule has 19 heavy (non-hydrogen) atoms. The van der Waals surface area contributed by atoms with E-state index in [4.69, 9.17) is 0 Å². The first-order valence-electron chi connectivity index (χ1n) is 8.69. The summed E-state index contributed by atoms with van der Waals surface area (Å²) in [5, 5.41) is 3.75. The predicted octanol–water partition coefficient (Wildman–Crippen LogP) is 3.81. The number of hydrogen-bond donors (Lipinski definition) is 1. The van der Waals surface area contributed by atoms with E-state index in [1.54, 1.807) is 0 Å². The third-order valence-corrected chi connectivity index (χ3v) is 5.02. The molecule has 2 aliphatic heterocycles. The van der Waals surface area contributed by atoms with Crippen LogP contribution < -0.4 is 5.32 Å². The molecule has 2 unspecified atom stereocenters. The van der Waals surface area contributed by atoms with Gasteiger partial charge in [-0.25, -0.2) is 0 Å². The molecule has 2 bridgehead atoms. The van der Waals surface area contributed by atoms with E-state index in [2.05, 4.69) is 31.0 Å². The molecule has 0 aromatic carbocycles. The number of unbranched alkanes of at least 4 members (excludes halogenated alkanes) is 1. The Labute approximate surface area is 120 Å². The summed E-state index contributed by atoms with van der Waals surface area (Å²) in [6.45, 7) is 9.52. The topological polar surface area (TPSA) is 15.3 Å². The Kier molecular flexibility index (Phi) is 6.15. The van der Waals surface area contributed by atoms with Crippen LogP contribution in [0.25, 0.3) is 0 Å². The predicted molar refractivity (Wildman–Crippen MR) is 83.5 cm³/mol. The highest BCUT2D eigenvalue weighted by atomic mass is 15.2. The molecule has 0 amide bonds. The largest absolute Gasteiger partial charge is 0.314 e. The molecule has 0 aliphatic carbocycles. The summed E-state index contributed by atoms with van der Waals surface area (Å²) in [6, 6.07) is 2.60. The zero-order chi connectivity index (χ0) is 13.7. The Morgan fingerprint density at radius 1 is 1.11 bits per heavy atom. The van der Waals surface area contributed by atoms with Crippen LogP contribution in [0.4, 0.5) is 0 Å². The zero-order valence-corrected chi connectivity index (χ0v) is 13.3. The summed E-state index contributed by atoms with van der Waals surface area (Å²) in [4.78, 5) is 2.85. The lowest BCUT2D eigenvalue weighted by Gasteiger charge is -2.39. The van der Waals surface area contributed by atoms with Gasteiger partial charge in [-0.3, -0.25) is 4.90 Å². The average Bonchev–Trinajstić information content (AvgIpc) is 2.61. The molecule has 112 valence electrons. The van der Waals surface area contributed by atoms with Crippen molar-refractivity contribution < 1.29 is 0 Å². The number of piperidine rings is 1. The Balaban J connectivity index is 1.70. The number of rotatable bonds is 8. The Morgan fingerprint density at radius 2 is 1.79 bits per heavy atom. The van der Waals surface area contributed by atoms with Crippen molar-refractivity contribution in [2.24, 2.45) is 5.92 Å². The van der Waals surface area contributed by atoms with Gasteiger partial charge in [0.1, 0.15) is 0 Å². The molecule has 2 saturated heterocycles. The molecule has 0 radical (unpaired) electrons. The van der Waals surface area contributed by atoms with E-state index in [-0.39, 0.29) is 0 Å². The first-order chi connectivity index (χ1) is 9.20. The number of fused-ring (bicyclic) bond motifs is 2. The van der Waals surface area contributed by atoms with Gasteiger partial charge in [0.15, 0.2) is 0 Å². The maximum absolute atomic E-state index is 3.75. The quantitative estimate of drug-likeness (QED) is 0.672. The average molecular weight is 266 g/mol. The van der Waals surface area contributed by atoms with Gasteiger partial charge in [-0.05, 0) is 57.5 Å². The Hall–Kier alpha value is -0.0800. The van der Waals surface area contributed by atoms with E-state index in [1.807, 2.05) is 0 Å². The summed E-state index contributed by atoms with van der Waals surface area (Å²) < 4.78 is 0. The van der Waals surface area contributed by atoms with E-state index in [9.17, 15) is 0 Å². The van der Waals surface area contributed by atoms with Gasteiger partial charge in [-0.2, -0.15) is 0 Å². The third kappa shape index (κ3) is 4.46. The van der Waals surface area contributed by atoms with E-state index in [0.29, 0.717) is 0 Å². The first kappa shape index (κ1) is 15.3. The van der Waals surface area contributed by atoms with Gasteiger partial charge in [-0.15, -0.1) is 0 Å². The van der Waals surface area contributed by atoms with Crippen LogP contribution in [0.5, 0.6) is 0 Å². The molecule has 0 aromatic heterocycles. The molecule has 0 saturated carbocycles. The van der Waals surface area contributed by atoms with Crippen molar-refractivity contribution in [3.63, 3.8) is 0 Å². The fourth-order valence-electron chi connectivity index (χ4n) is 4.00. The van der Waals surface area contributed by atoms with Gasteiger partial charge in [0, 0.05) is 18.1 Å². The van der Waals surface area contributed by atoms with Crippen molar-refractivity contribution in [3.8, 4) is 0 Å². The molecule has 2 fully saturated rings. The lowest BCUT2D eigenvalue weighted by Crippen LogP contribution is -2.49. The SMILES string of the molecule is CCCNC1CC2CCC(C1)N2CCCCC(C)C. The number of hydrogen-bond acceptors (Lipinski definition) is 2. The minimum absolute atomic E-state index is 0.810. The van der Waals surface area contributed by atoms with Gasteiger partial charge in [0.05, 0.1) is 0 Å². The summed E-state index contributed by atoms with van der Waals surface area (Å²) in [7, 11) is 0. The van der Waals surface area contributed by atoms with Gasteiger partial charge in [0.25, 0.3) is 0 Å². The molecule has 2 nitrogen and oxygen atoms in total. The molecule has 0 aromatic rings. The second-order valence-electron chi connectivity index (χ2n) is 7.13. The second-order valence-corrected chi connectivity index (χ2v) is 7.13. The summed E-state index contributed by atoms with van der Waals surface area (Å²) in [6.07, 6.45) is 11.2. The third-order valence-electron chi connectivity index (χ3n) is 5.02. The van der Waals surface area contributed by atoms with Gasteiger partial charge < -0.3 is 5.32 Å². The van der Waals surface area contributed by atoms with Crippen molar-refractivity contribution >= 4 is 0 Å². The molecular weight excluding hydrogens is 232 g/mol. The standard InChI is InChI=1S/C17H34N2/c1-4-10-18-15-12-16-8-9-17(13-15)19(16)11-6-5-7-14(2)3/h14-18H,4-13H2,1-3H3. The molecular formula is C17H34N2. The molecule has 1 N–H and O–H groups in total. The van der Waals surface area contributed by atoms with Crippen molar-refractivity contribution in [3.05, 3.63) is 0 Å². The van der Waals surface area contributed by atoms with Crippen LogP contribution in [0.15, 0.2) is 0 Å². The van der Waals surface area contributed by atoms with Crippen molar-refractivity contribution in [2.75, 3.05) is 13.1 Å². The van der Waals surface area contributed by atoms with Crippen molar-refractivity contribution in [1.82, 2.24) is 10.2 Å². The smallest absolute Gasteiger partial charge is 0.0114 e. The zero-order valence-electron chi connectivity index (χ0n) is 13.3. The molecule has 2 atom stereocenters. The van der Waals surface area contributed by atoms with E-state index in [0.717, 1.165) is 24.0 Å².